The van der Waals surface area contributed by atoms with Crippen LogP contribution in [0, 0.1) is 5.92 Å². The molecule has 30 heavy (non-hydrogen) atoms. The molecule has 4 heterocycles. The number of aromatic nitrogens is 5. The van der Waals surface area contributed by atoms with Gasteiger partial charge in [-0.05, 0) is 47.0 Å². The lowest BCUT2D eigenvalue weighted by atomic mass is 9.83. The van der Waals surface area contributed by atoms with Crippen LogP contribution in [-0.2, 0) is 11.3 Å². The molecule has 2 atom stereocenters. The highest BCUT2D eigenvalue weighted by Gasteiger charge is 2.36. The molecule has 2 aromatic heterocycles. The van der Waals surface area contributed by atoms with Crippen LogP contribution in [-0.4, -0.2) is 54.4 Å². The Balaban J connectivity index is 1.28. The minimum Gasteiger partial charge on any atom is -0.341 e. The van der Waals surface area contributed by atoms with Gasteiger partial charge in [-0.3, -0.25) is 9.59 Å². The van der Waals surface area contributed by atoms with E-state index in [4.69, 9.17) is 11.6 Å². The molecule has 10 heteroatoms. The highest BCUT2D eigenvalue weighted by molar-refractivity contribution is 7.99. The molecule has 2 aliphatic rings. The molecule has 1 fully saturated rings. The van der Waals surface area contributed by atoms with Gasteiger partial charge in [-0.15, -0.1) is 5.10 Å². The van der Waals surface area contributed by atoms with E-state index in [1.807, 2.05) is 27.7 Å². The largest absolute Gasteiger partial charge is 0.341 e. The fraction of sp³-hybridized carbons (Fsp3) is 0.350. The summed E-state index contributed by atoms with van der Waals surface area (Å²) >= 11 is 7.37. The first-order valence-electron chi connectivity index (χ1n) is 9.73. The molecular formula is C20H19ClN6O2S. The molecule has 2 bridgehead atoms. The third-order valence-corrected chi connectivity index (χ3v) is 6.79. The molecule has 1 saturated heterocycles. The molecule has 0 spiro atoms. The first-order chi connectivity index (χ1) is 14.6. The monoisotopic (exact) mass is 442 g/mol. The van der Waals surface area contributed by atoms with Gasteiger partial charge >= 0.3 is 0 Å². The van der Waals surface area contributed by atoms with Crippen molar-refractivity contribution in [2.24, 2.45) is 5.92 Å². The predicted octanol–water partition coefficient (Wildman–Crippen LogP) is 2.22. The van der Waals surface area contributed by atoms with E-state index in [0.717, 1.165) is 17.8 Å². The Morgan fingerprint density at radius 2 is 2.03 bits per heavy atom. The van der Waals surface area contributed by atoms with Gasteiger partial charge in [0.2, 0.25) is 11.1 Å². The number of pyridine rings is 1. The number of benzene rings is 1. The second-order valence-corrected chi connectivity index (χ2v) is 9.02. The minimum absolute atomic E-state index is 0.0467. The molecule has 154 valence electrons. The standard InChI is InChI=1S/C20H19ClN6O2S/c21-15-3-1-4-16(8-15)27-20(22-23-24-27)30-12-19(29)25-9-13-7-14(11-25)17-5-2-6-18(28)26(17)10-13/h1-6,8,13-14H,7,9-12H2. The van der Waals surface area contributed by atoms with Crippen molar-refractivity contribution in [1.29, 1.82) is 0 Å². The number of nitrogens with zero attached hydrogens (tertiary/aromatic N) is 6. The maximum Gasteiger partial charge on any atom is 0.250 e. The van der Waals surface area contributed by atoms with Crippen molar-refractivity contribution in [2.75, 3.05) is 18.8 Å². The zero-order valence-electron chi connectivity index (χ0n) is 16.0. The smallest absolute Gasteiger partial charge is 0.250 e. The summed E-state index contributed by atoms with van der Waals surface area (Å²) in [7, 11) is 0. The van der Waals surface area contributed by atoms with E-state index in [1.165, 1.54) is 11.8 Å². The number of hydrogen-bond acceptors (Lipinski definition) is 6. The second kappa shape index (κ2) is 7.88. The number of halogens is 1. The molecule has 0 saturated carbocycles. The molecule has 3 aromatic rings. The molecule has 8 nitrogen and oxygen atoms in total. The van der Waals surface area contributed by atoms with Crippen molar-refractivity contribution >= 4 is 29.3 Å². The Morgan fingerprint density at radius 3 is 2.90 bits per heavy atom. The first kappa shape index (κ1) is 19.3. The van der Waals surface area contributed by atoms with Crippen LogP contribution in [0.4, 0.5) is 0 Å². The lowest BCUT2D eigenvalue weighted by Crippen LogP contribution is -2.49. The zero-order valence-corrected chi connectivity index (χ0v) is 17.6. The molecule has 0 N–H and O–H groups in total. The fourth-order valence-electron chi connectivity index (χ4n) is 4.36. The van der Waals surface area contributed by atoms with Gasteiger partial charge in [0.1, 0.15) is 0 Å². The van der Waals surface area contributed by atoms with Crippen LogP contribution in [0.1, 0.15) is 18.0 Å². The zero-order chi connectivity index (χ0) is 20.7. The Kier molecular flexibility index (Phi) is 5.08. The summed E-state index contributed by atoms with van der Waals surface area (Å²) in [5.41, 5.74) is 1.83. The van der Waals surface area contributed by atoms with Gasteiger partial charge in [0.05, 0.1) is 11.4 Å². The average molecular weight is 443 g/mol. The predicted molar refractivity (Wildman–Crippen MR) is 113 cm³/mol. The Hall–Kier alpha value is -2.65. The van der Waals surface area contributed by atoms with E-state index in [1.54, 1.807) is 28.9 Å². The molecule has 2 unspecified atom stereocenters. The third-order valence-electron chi connectivity index (χ3n) is 5.65. The number of tetrazole rings is 1. The quantitative estimate of drug-likeness (QED) is 0.576. The van der Waals surface area contributed by atoms with Crippen LogP contribution in [0.15, 0.2) is 52.4 Å². The number of hydrogen-bond donors (Lipinski definition) is 0. The molecule has 0 aliphatic carbocycles. The molecule has 1 amide bonds. The van der Waals surface area contributed by atoms with Crippen molar-refractivity contribution in [2.45, 2.75) is 24.0 Å². The van der Waals surface area contributed by atoms with Crippen molar-refractivity contribution in [3.8, 4) is 5.69 Å². The highest BCUT2D eigenvalue weighted by atomic mass is 35.5. The van der Waals surface area contributed by atoms with Crippen LogP contribution < -0.4 is 5.56 Å². The van der Waals surface area contributed by atoms with Gasteiger partial charge in [0.15, 0.2) is 0 Å². The number of thioether (sulfide) groups is 1. The molecule has 1 aromatic carbocycles. The van der Waals surface area contributed by atoms with Gasteiger partial charge in [0.25, 0.3) is 5.56 Å². The Bertz CT molecular complexity index is 1160. The summed E-state index contributed by atoms with van der Waals surface area (Å²) in [6.07, 6.45) is 1.02. The average Bonchev–Trinajstić information content (AvgIpc) is 3.21. The molecule has 5 rings (SSSR count). The van der Waals surface area contributed by atoms with Gasteiger partial charge in [-0.1, -0.05) is 35.5 Å². The van der Waals surface area contributed by atoms with Gasteiger partial charge in [-0.2, -0.15) is 4.68 Å². The minimum atomic E-state index is 0.0467. The molecule has 0 radical (unpaired) electrons. The van der Waals surface area contributed by atoms with Gasteiger partial charge in [0, 0.05) is 42.3 Å². The SMILES string of the molecule is O=C(CSc1nnnn1-c1cccc(Cl)c1)N1CC2CC(C1)c1cccc(=O)n1C2. The number of fused-ring (bicyclic) bond motifs is 4. The number of rotatable bonds is 4. The first-order valence-corrected chi connectivity index (χ1v) is 11.1. The lowest BCUT2D eigenvalue weighted by Gasteiger charge is -2.42. The van der Waals surface area contributed by atoms with Crippen molar-refractivity contribution < 1.29 is 4.79 Å². The fourth-order valence-corrected chi connectivity index (χ4v) is 5.33. The van der Waals surface area contributed by atoms with E-state index < -0.39 is 0 Å². The van der Waals surface area contributed by atoms with Crippen LogP contribution in [0.5, 0.6) is 0 Å². The third kappa shape index (κ3) is 3.63. The summed E-state index contributed by atoms with van der Waals surface area (Å²) in [6, 6.07) is 12.7. The summed E-state index contributed by atoms with van der Waals surface area (Å²) in [6.45, 7) is 1.99. The van der Waals surface area contributed by atoms with Crippen LogP contribution in [0.3, 0.4) is 0 Å². The molecular weight excluding hydrogens is 424 g/mol. The topological polar surface area (TPSA) is 85.9 Å². The van der Waals surface area contributed by atoms with Crippen LogP contribution in [0.25, 0.3) is 5.69 Å². The number of carbonyl (C=O) groups excluding carboxylic acids is 1. The Labute approximate surface area is 181 Å². The second-order valence-electron chi connectivity index (χ2n) is 7.64. The van der Waals surface area contributed by atoms with E-state index in [2.05, 4.69) is 15.5 Å². The van der Waals surface area contributed by atoms with Gasteiger partial charge < -0.3 is 9.47 Å². The van der Waals surface area contributed by atoms with Crippen molar-refractivity contribution in [1.82, 2.24) is 29.7 Å². The maximum atomic E-state index is 12.9. The summed E-state index contributed by atoms with van der Waals surface area (Å²) in [4.78, 5) is 27.0. The van der Waals surface area contributed by atoms with E-state index in [0.29, 0.717) is 35.7 Å². The Morgan fingerprint density at radius 1 is 1.17 bits per heavy atom. The number of amides is 1. The van der Waals surface area contributed by atoms with E-state index in [-0.39, 0.29) is 23.1 Å². The van der Waals surface area contributed by atoms with Gasteiger partial charge in [-0.25, -0.2) is 0 Å². The highest BCUT2D eigenvalue weighted by Crippen LogP contribution is 2.35. The number of piperidine rings is 1. The van der Waals surface area contributed by atoms with Crippen LogP contribution >= 0.6 is 23.4 Å². The maximum absolute atomic E-state index is 12.9. The number of likely N-dealkylation sites (tertiary alicyclic amines) is 1. The molecule has 2 aliphatic heterocycles. The summed E-state index contributed by atoms with van der Waals surface area (Å²) < 4.78 is 3.45. The summed E-state index contributed by atoms with van der Waals surface area (Å²) in [5, 5.41) is 12.9. The van der Waals surface area contributed by atoms with Crippen molar-refractivity contribution in [3.63, 3.8) is 0 Å². The lowest BCUT2D eigenvalue weighted by molar-refractivity contribution is -0.131. The van der Waals surface area contributed by atoms with E-state index in [9.17, 15) is 9.59 Å². The van der Waals surface area contributed by atoms with E-state index >= 15 is 0 Å². The normalized spacial score (nSPS) is 20.1. The number of carbonyl (C=O) groups is 1. The van der Waals surface area contributed by atoms with Crippen molar-refractivity contribution in [3.05, 3.63) is 63.5 Å². The van der Waals surface area contributed by atoms with Crippen LogP contribution in [0.2, 0.25) is 5.02 Å². The summed E-state index contributed by atoms with van der Waals surface area (Å²) in [5.74, 6) is 0.823.